The molecule has 0 heterocycles. The number of hydrogen-bond donors (Lipinski definition) is 3. The molecule has 1 aromatic carbocycles. The van der Waals surface area contributed by atoms with Crippen LogP contribution < -0.4 is 10.6 Å². The van der Waals surface area contributed by atoms with Crippen molar-refractivity contribution >= 4 is 17.9 Å². The van der Waals surface area contributed by atoms with Gasteiger partial charge in [0.2, 0.25) is 11.8 Å². The lowest BCUT2D eigenvalue weighted by Crippen LogP contribution is -2.55. The molecule has 8 nitrogen and oxygen atoms in total. The summed E-state index contributed by atoms with van der Waals surface area (Å²) in [6, 6.07) is 2.95. The quantitative estimate of drug-likeness (QED) is 0.293. The average molecular weight is 490 g/mol. The zero-order valence-corrected chi connectivity index (χ0v) is 22.3. The van der Waals surface area contributed by atoms with Crippen molar-refractivity contribution in [2.75, 3.05) is 13.1 Å². The molecule has 0 aliphatic rings. The summed E-state index contributed by atoms with van der Waals surface area (Å²) >= 11 is 0. The minimum atomic E-state index is -0.969. The highest BCUT2D eigenvalue weighted by Crippen LogP contribution is 2.27. The van der Waals surface area contributed by atoms with Gasteiger partial charge in [-0.1, -0.05) is 45.8 Å². The van der Waals surface area contributed by atoms with Crippen molar-refractivity contribution in [1.82, 2.24) is 15.5 Å². The smallest absolute Gasteiger partial charge is 0.408 e. The van der Waals surface area contributed by atoms with Crippen LogP contribution in [0, 0.1) is 12.8 Å². The summed E-state index contributed by atoms with van der Waals surface area (Å²) in [5, 5.41) is 15.6. The largest absolute Gasteiger partial charge is 0.508 e. The van der Waals surface area contributed by atoms with E-state index >= 15 is 0 Å². The fraction of sp³-hybridized carbons (Fsp3) is 0.593. The summed E-state index contributed by atoms with van der Waals surface area (Å²) in [4.78, 5) is 41.1. The Hall–Kier alpha value is -3.03. The van der Waals surface area contributed by atoms with E-state index in [-0.39, 0.29) is 24.1 Å². The third kappa shape index (κ3) is 9.62. The number of hydrogen-bond acceptors (Lipinski definition) is 5. The molecule has 2 unspecified atom stereocenters. The van der Waals surface area contributed by atoms with Crippen molar-refractivity contribution < 1.29 is 24.2 Å². The molecule has 0 spiro atoms. The van der Waals surface area contributed by atoms with Gasteiger partial charge in [0, 0.05) is 13.1 Å². The Labute approximate surface area is 210 Å². The van der Waals surface area contributed by atoms with E-state index in [0.29, 0.717) is 17.7 Å². The first-order valence-electron chi connectivity index (χ1n) is 12.3. The second-order valence-corrected chi connectivity index (χ2v) is 10.1. The normalized spacial score (nSPS) is 13.0. The molecule has 2 atom stereocenters. The van der Waals surface area contributed by atoms with Crippen LogP contribution >= 0.6 is 0 Å². The molecule has 0 aliphatic carbocycles. The van der Waals surface area contributed by atoms with Crippen LogP contribution in [0.3, 0.4) is 0 Å². The lowest BCUT2D eigenvalue weighted by atomic mass is 9.97. The van der Waals surface area contributed by atoms with Gasteiger partial charge in [-0.05, 0) is 63.3 Å². The number of nitrogens with zero attached hydrogens (tertiary/aromatic N) is 1. The summed E-state index contributed by atoms with van der Waals surface area (Å²) < 4.78 is 5.36. The highest BCUT2D eigenvalue weighted by Gasteiger charge is 2.37. The van der Waals surface area contributed by atoms with E-state index in [1.165, 1.54) is 11.0 Å². The summed E-state index contributed by atoms with van der Waals surface area (Å²) in [7, 11) is 0. The zero-order valence-electron chi connectivity index (χ0n) is 22.3. The van der Waals surface area contributed by atoms with E-state index < -0.39 is 29.7 Å². The second-order valence-electron chi connectivity index (χ2n) is 10.1. The maximum atomic E-state index is 13.8. The molecule has 0 aromatic heterocycles. The molecule has 1 rings (SSSR count). The molecule has 3 amide bonds. The Morgan fingerprint density at radius 2 is 1.86 bits per heavy atom. The van der Waals surface area contributed by atoms with E-state index in [9.17, 15) is 19.5 Å². The zero-order chi connectivity index (χ0) is 26.8. The number of alkyl carbamates (subject to hydrolysis) is 1. The number of rotatable bonds is 12. The van der Waals surface area contributed by atoms with E-state index in [2.05, 4.69) is 24.1 Å². The maximum Gasteiger partial charge on any atom is 0.408 e. The number of aromatic hydroxyl groups is 1. The third-order valence-corrected chi connectivity index (χ3v) is 5.39. The first kappa shape index (κ1) is 30.0. The van der Waals surface area contributed by atoms with Crippen molar-refractivity contribution in [3.8, 4) is 5.75 Å². The summed E-state index contributed by atoms with van der Waals surface area (Å²) in [6.45, 7) is 17.0. The topological polar surface area (TPSA) is 108 Å². The SMILES string of the molecule is C=CCN(C(=O)C(NC(=O)OC(C)(C)C)C(C)C)C(C(=O)NCCCCC)c1ccc(O)c(C)c1. The van der Waals surface area contributed by atoms with Gasteiger partial charge in [0.05, 0.1) is 0 Å². The summed E-state index contributed by atoms with van der Waals surface area (Å²) in [5.41, 5.74) is 0.424. The lowest BCUT2D eigenvalue weighted by Gasteiger charge is -2.35. The molecular formula is C27H43N3O5. The van der Waals surface area contributed by atoms with E-state index in [1.807, 2.05) is 13.8 Å². The van der Waals surface area contributed by atoms with E-state index in [1.54, 1.807) is 45.9 Å². The molecule has 0 saturated heterocycles. The van der Waals surface area contributed by atoms with Gasteiger partial charge in [0.1, 0.15) is 23.4 Å². The van der Waals surface area contributed by atoms with Crippen molar-refractivity contribution in [3.63, 3.8) is 0 Å². The number of amides is 3. The number of phenolic OH excluding ortho intramolecular Hbond substituents is 1. The molecule has 8 heteroatoms. The van der Waals surface area contributed by atoms with Gasteiger partial charge in [0.25, 0.3) is 0 Å². The number of carbonyl (C=O) groups is 3. The molecule has 0 aliphatic heterocycles. The molecule has 3 N–H and O–H groups in total. The van der Waals surface area contributed by atoms with Crippen molar-refractivity contribution in [2.45, 2.75) is 85.4 Å². The van der Waals surface area contributed by atoms with Gasteiger partial charge in [-0.25, -0.2) is 4.79 Å². The molecule has 0 bridgehead atoms. The van der Waals surface area contributed by atoms with Gasteiger partial charge in [-0.15, -0.1) is 6.58 Å². The molecule has 0 fully saturated rings. The molecule has 1 aromatic rings. The average Bonchev–Trinajstić information content (AvgIpc) is 2.75. The number of benzene rings is 1. The number of nitrogens with one attached hydrogen (secondary N) is 2. The Morgan fingerprint density at radius 1 is 1.20 bits per heavy atom. The lowest BCUT2D eigenvalue weighted by molar-refractivity contribution is -0.142. The van der Waals surface area contributed by atoms with Gasteiger partial charge in [0.15, 0.2) is 0 Å². The molecule has 0 radical (unpaired) electrons. The predicted octanol–water partition coefficient (Wildman–Crippen LogP) is 4.61. The minimum absolute atomic E-state index is 0.0883. The number of carbonyl (C=O) groups excluding carboxylic acids is 3. The van der Waals surface area contributed by atoms with Gasteiger partial charge in [-0.2, -0.15) is 0 Å². The van der Waals surface area contributed by atoms with Crippen LogP contribution in [0.4, 0.5) is 4.79 Å². The number of aryl methyl sites for hydroxylation is 1. The maximum absolute atomic E-state index is 13.8. The Balaban J connectivity index is 3.39. The van der Waals surface area contributed by atoms with Crippen LogP contribution in [0.25, 0.3) is 0 Å². The van der Waals surface area contributed by atoms with Crippen LogP contribution in [0.1, 0.15) is 78.0 Å². The van der Waals surface area contributed by atoms with Crippen molar-refractivity contribution in [2.24, 2.45) is 5.92 Å². The van der Waals surface area contributed by atoms with E-state index in [0.717, 1.165) is 19.3 Å². The first-order chi connectivity index (χ1) is 16.3. The van der Waals surface area contributed by atoms with Gasteiger partial charge >= 0.3 is 6.09 Å². The number of unbranched alkanes of at least 4 members (excludes halogenated alkanes) is 2. The van der Waals surface area contributed by atoms with Crippen LogP contribution in [0.2, 0.25) is 0 Å². The Morgan fingerprint density at radius 3 is 2.37 bits per heavy atom. The predicted molar refractivity (Wildman–Crippen MR) is 138 cm³/mol. The van der Waals surface area contributed by atoms with E-state index in [4.69, 9.17) is 4.74 Å². The molecule has 0 saturated carbocycles. The first-order valence-corrected chi connectivity index (χ1v) is 12.3. The highest BCUT2D eigenvalue weighted by molar-refractivity contribution is 5.92. The number of phenols is 1. The third-order valence-electron chi connectivity index (χ3n) is 5.39. The second kappa shape index (κ2) is 13.8. The van der Waals surface area contributed by atoms with Crippen molar-refractivity contribution in [1.29, 1.82) is 0 Å². The molecule has 196 valence electrons. The Kier molecular flexibility index (Phi) is 11.8. The summed E-state index contributed by atoms with van der Waals surface area (Å²) in [6.07, 6.45) is 3.67. The fourth-order valence-corrected chi connectivity index (χ4v) is 3.59. The van der Waals surface area contributed by atoms with Crippen molar-refractivity contribution in [3.05, 3.63) is 42.0 Å². The standard InChI is InChI=1S/C27H43N3O5/c1-9-11-12-15-28-24(32)23(20-13-14-21(31)19(5)17-20)30(16-10-2)25(33)22(18(3)4)29-26(34)35-27(6,7)8/h10,13-14,17-18,22-23,31H,2,9,11-12,15-16H2,1,3-8H3,(H,28,32)(H,29,34). The Bertz CT molecular complexity index is 876. The van der Waals surface area contributed by atoms with Crippen LogP contribution in [0.5, 0.6) is 5.75 Å². The minimum Gasteiger partial charge on any atom is -0.508 e. The van der Waals surface area contributed by atoms with Crippen LogP contribution in [-0.4, -0.2) is 52.6 Å². The highest BCUT2D eigenvalue weighted by atomic mass is 16.6. The molecular weight excluding hydrogens is 446 g/mol. The molecule has 35 heavy (non-hydrogen) atoms. The summed E-state index contributed by atoms with van der Waals surface area (Å²) in [5.74, 6) is -0.924. The number of ether oxygens (including phenoxy) is 1. The van der Waals surface area contributed by atoms with Gasteiger partial charge < -0.3 is 25.4 Å². The van der Waals surface area contributed by atoms with Crippen LogP contribution in [-0.2, 0) is 14.3 Å². The van der Waals surface area contributed by atoms with Crippen LogP contribution in [0.15, 0.2) is 30.9 Å². The fourth-order valence-electron chi connectivity index (χ4n) is 3.59. The van der Waals surface area contributed by atoms with Gasteiger partial charge in [-0.3, -0.25) is 9.59 Å². The monoisotopic (exact) mass is 489 g/mol.